The monoisotopic (exact) mass is 935 g/mol. The Morgan fingerprint density at radius 2 is 1.38 bits per heavy atom. The van der Waals surface area contributed by atoms with Gasteiger partial charge in [-0.25, -0.2) is 14.4 Å². The molecule has 1 saturated heterocycles. The van der Waals surface area contributed by atoms with Gasteiger partial charge < -0.3 is 44.0 Å². The van der Waals surface area contributed by atoms with Crippen LogP contribution in [0.1, 0.15) is 101 Å². The number of Topliss-reactive ketones (excluding diaryl/α,β-unsaturated/α-hetero) is 1. The van der Waals surface area contributed by atoms with Crippen LogP contribution in [0.4, 0.5) is 0 Å². The quantitative estimate of drug-likeness (QED) is 0.0912. The van der Waals surface area contributed by atoms with Crippen LogP contribution in [0, 0.1) is 16.7 Å². The highest BCUT2D eigenvalue weighted by atomic mass is 16.6. The van der Waals surface area contributed by atoms with Crippen LogP contribution in [0.2, 0.25) is 0 Å². The fraction of sp³-hybridized carbons (Fsp3) is 0.442. The number of benzene rings is 3. The van der Waals surface area contributed by atoms with Gasteiger partial charge in [0.1, 0.15) is 30.0 Å². The third-order valence-corrected chi connectivity index (χ3v) is 14.5. The highest BCUT2D eigenvalue weighted by Crippen LogP contribution is 2.64. The van der Waals surface area contributed by atoms with Gasteiger partial charge in [0.25, 0.3) is 0 Å². The van der Waals surface area contributed by atoms with Crippen LogP contribution in [-0.4, -0.2) is 106 Å². The maximum Gasteiger partial charge on any atom is 0.350 e. The van der Waals surface area contributed by atoms with E-state index in [1.54, 1.807) is 101 Å². The van der Waals surface area contributed by atoms with Crippen molar-refractivity contribution in [1.82, 2.24) is 5.32 Å². The fourth-order valence-electron chi connectivity index (χ4n) is 10.6. The van der Waals surface area contributed by atoms with Crippen LogP contribution in [0.25, 0.3) is 0 Å². The van der Waals surface area contributed by atoms with Crippen LogP contribution >= 0.6 is 0 Å². The Labute approximate surface area is 394 Å². The van der Waals surface area contributed by atoms with Gasteiger partial charge in [0.2, 0.25) is 12.0 Å². The summed E-state index contributed by atoms with van der Waals surface area (Å²) in [7, 11) is 0. The average molecular weight is 936 g/mol. The number of rotatable bonds is 12. The lowest BCUT2D eigenvalue weighted by atomic mass is 9.44. The molecule has 2 saturated carbocycles. The van der Waals surface area contributed by atoms with Crippen molar-refractivity contribution < 1.29 is 72.2 Å². The summed E-state index contributed by atoms with van der Waals surface area (Å²) in [6.07, 6.45) is -9.08. The van der Waals surface area contributed by atoms with Crippen LogP contribution in [0.3, 0.4) is 0 Å². The van der Waals surface area contributed by atoms with E-state index < -0.39 is 119 Å². The van der Waals surface area contributed by atoms with Gasteiger partial charge in [-0.05, 0) is 68.7 Å². The molecule has 3 aromatic carbocycles. The summed E-state index contributed by atoms with van der Waals surface area (Å²) in [6, 6.07) is 22.6. The van der Waals surface area contributed by atoms with Gasteiger partial charge in [0, 0.05) is 37.7 Å². The lowest BCUT2D eigenvalue weighted by Crippen LogP contribution is -2.82. The van der Waals surface area contributed by atoms with Crippen molar-refractivity contribution in [3.63, 3.8) is 0 Å². The molecular weight excluding hydrogens is 879 g/mol. The van der Waals surface area contributed by atoms with Crippen molar-refractivity contribution in [2.45, 2.75) is 122 Å². The van der Waals surface area contributed by atoms with Crippen LogP contribution in [-0.2, 0) is 52.4 Å². The zero-order chi connectivity index (χ0) is 49.5. The van der Waals surface area contributed by atoms with Crippen molar-refractivity contribution in [2.75, 3.05) is 6.61 Å². The molecular formula is C52H57NO15. The van der Waals surface area contributed by atoms with Gasteiger partial charge in [-0.2, -0.15) is 0 Å². The number of fused-ring (bicyclic) bond motifs is 5. The Kier molecular flexibility index (Phi) is 13.7. The second kappa shape index (κ2) is 18.9. The molecule has 4 aliphatic rings. The smallest absolute Gasteiger partial charge is 0.350 e. The molecule has 3 fully saturated rings. The van der Waals surface area contributed by atoms with Crippen LogP contribution < -0.4 is 5.32 Å². The van der Waals surface area contributed by atoms with E-state index in [4.69, 9.17) is 28.4 Å². The van der Waals surface area contributed by atoms with E-state index in [1.807, 2.05) is 0 Å². The summed E-state index contributed by atoms with van der Waals surface area (Å²) in [4.78, 5) is 99.0. The second-order valence-corrected chi connectivity index (χ2v) is 18.7. The Hall–Kier alpha value is -6.49. The SMILES string of the molecule is C/C=C(\C)C(=O)N[C@@H](c1ccccc1)[C@@H](OC(=O)c1ccccc1)C(=O)O[C@H]1C[C@@]2(O)[C@@H](OC(=O)c3ccccc3)[C@@H]3[C@]4(OC(C)=O)CO[C@@H]4C[C@H](O)[C@@]3(C)C(=O)[C@H](OC(C)=O)C(=C1C)C2(C)C. The van der Waals surface area contributed by atoms with Crippen LogP contribution in [0.15, 0.2) is 114 Å². The number of carbonyl (C=O) groups is 7. The lowest BCUT2D eigenvalue weighted by molar-refractivity contribution is -0.346. The number of aliphatic hydroxyl groups is 2. The average Bonchev–Trinajstić information content (AvgIpc) is 3.31. The van der Waals surface area contributed by atoms with Gasteiger partial charge in [-0.15, -0.1) is 0 Å². The summed E-state index contributed by atoms with van der Waals surface area (Å²) < 4.78 is 36.8. The zero-order valence-electron chi connectivity index (χ0n) is 39.2. The van der Waals surface area contributed by atoms with Crippen molar-refractivity contribution in [3.8, 4) is 0 Å². The van der Waals surface area contributed by atoms with E-state index in [0.717, 1.165) is 13.8 Å². The van der Waals surface area contributed by atoms with E-state index in [-0.39, 0.29) is 40.9 Å². The van der Waals surface area contributed by atoms with Gasteiger partial charge in [-0.3, -0.25) is 19.2 Å². The third-order valence-electron chi connectivity index (χ3n) is 14.5. The van der Waals surface area contributed by atoms with E-state index in [1.165, 1.54) is 38.1 Å². The number of amides is 1. The summed E-state index contributed by atoms with van der Waals surface area (Å²) in [5.74, 6) is -7.85. The molecule has 11 atom stereocenters. The molecule has 1 heterocycles. The first-order valence-corrected chi connectivity index (χ1v) is 22.5. The predicted molar refractivity (Wildman–Crippen MR) is 241 cm³/mol. The first-order chi connectivity index (χ1) is 32.1. The first kappa shape index (κ1) is 49.4. The van der Waals surface area contributed by atoms with E-state index in [2.05, 4.69) is 5.32 Å². The molecule has 68 heavy (non-hydrogen) atoms. The normalized spacial score (nSPS) is 30.3. The number of esters is 5. The molecule has 3 aromatic rings. The highest BCUT2D eigenvalue weighted by Gasteiger charge is 2.78. The molecule has 16 heteroatoms. The van der Waals surface area contributed by atoms with Crippen molar-refractivity contribution >= 4 is 41.5 Å². The minimum absolute atomic E-state index is 0.0279. The van der Waals surface area contributed by atoms with Gasteiger partial charge >= 0.3 is 29.8 Å². The predicted octanol–water partition coefficient (Wildman–Crippen LogP) is 5.25. The number of ketones is 1. The van der Waals surface area contributed by atoms with Crippen molar-refractivity contribution in [2.24, 2.45) is 16.7 Å². The van der Waals surface area contributed by atoms with Gasteiger partial charge in [0.15, 0.2) is 17.5 Å². The molecule has 0 unspecified atom stereocenters. The molecule has 0 spiro atoms. The third kappa shape index (κ3) is 8.53. The number of nitrogens with one attached hydrogen (secondary N) is 1. The van der Waals surface area contributed by atoms with E-state index in [0.29, 0.717) is 5.56 Å². The maximum absolute atomic E-state index is 15.7. The first-order valence-electron chi connectivity index (χ1n) is 22.5. The minimum Gasteiger partial charge on any atom is -0.455 e. The number of allylic oxidation sites excluding steroid dienone is 1. The number of aliphatic hydroxyl groups excluding tert-OH is 1. The number of carbonyl (C=O) groups excluding carboxylic acids is 7. The Morgan fingerprint density at radius 3 is 1.91 bits per heavy atom. The lowest BCUT2D eigenvalue weighted by Gasteiger charge is -2.67. The summed E-state index contributed by atoms with van der Waals surface area (Å²) in [5, 5.41) is 28.9. The summed E-state index contributed by atoms with van der Waals surface area (Å²) >= 11 is 0. The standard InChI is InChI=1S/C52H57NO15/c1-9-28(2)45(58)53-39(32-19-13-10-14-20-32)41(66-46(59)33-21-15-11-16-22-33)48(61)65-35-26-52(62)44(67-47(60)34-23-17-12-18-24-34)42-50(8,36(56)25-37-51(42,27-63-37)68-31(5)55)43(57)40(64-30(4)54)38(29(35)3)49(52,6)7/h9-24,35-37,39-42,44,56,62H,25-27H2,1-8H3,(H,53,58)/b28-9+/t35-,36-,37+,39-,40+,41+,42-,44-,50+,51-,52+/m0/s1. The number of hydrogen-bond acceptors (Lipinski definition) is 15. The molecule has 3 N–H and O–H groups in total. The Balaban J connectivity index is 1.44. The molecule has 1 aliphatic heterocycles. The Morgan fingerprint density at radius 1 is 0.809 bits per heavy atom. The molecule has 1 amide bonds. The van der Waals surface area contributed by atoms with Crippen LogP contribution in [0.5, 0.6) is 0 Å². The Bertz CT molecular complexity index is 2540. The van der Waals surface area contributed by atoms with E-state index >= 15 is 9.59 Å². The maximum atomic E-state index is 15.7. The molecule has 7 rings (SSSR count). The summed E-state index contributed by atoms with van der Waals surface area (Å²) in [6.45, 7) is 11.1. The molecule has 0 radical (unpaired) electrons. The molecule has 0 aromatic heterocycles. The number of hydrogen-bond donors (Lipinski definition) is 3. The van der Waals surface area contributed by atoms with Gasteiger partial charge in [0.05, 0.1) is 35.2 Å². The van der Waals surface area contributed by atoms with Gasteiger partial charge in [-0.1, -0.05) is 86.7 Å². The molecule has 2 bridgehead atoms. The van der Waals surface area contributed by atoms with E-state index in [9.17, 15) is 34.2 Å². The molecule has 360 valence electrons. The minimum atomic E-state index is -2.45. The summed E-state index contributed by atoms with van der Waals surface area (Å²) in [5.41, 5.74) is -7.16. The fourth-order valence-corrected chi connectivity index (χ4v) is 10.6. The largest absolute Gasteiger partial charge is 0.455 e. The highest BCUT2D eigenvalue weighted by molar-refractivity contribution is 5.96. The molecule has 3 aliphatic carbocycles. The zero-order valence-corrected chi connectivity index (χ0v) is 39.2. The number of ether oxygens (including phenoxy) is 6. The van der Waals surface area contributed by atoms with Crippen molar-refractivity contribution in [1.29, 1.82) is 0 Å². The van der Waals surface area contributed by atoms with Crippen molar-refractivity contribution in [3.05, 3.63) is 130 Å². The second-order valence-electron chi connectivity index (χ2n) is 18.7. The topological polar surface area (TPSA) is 227 Å². The molecule has 16 nitrogen and oxygen atoms in total.